The molecule has 1 aliphatic carbocycles. The highest BCUT2D eigenvalue weighted by Gasteiger charge is 2.22. The minimum absolute atomic E-state index is 0. The first-order valence-electron chi connectivity index (χ1n) is 8.94. The Balaban J connectivity index is 0.00000243. The number of carbonyl (C=O) groups excluding carboxylic acids is 1. The van der Waals surface area contributed by atoms with Gasteiger partial charge in [0.1, 0.15) is 0 Å². The maximum Gasteiger partial charge on any atom is 0.237 e. The average Bonchev–Trinajstić information content (AvgIpc) is 3.38. The van der Waals surface area contributed by atoms with E-state index in [2.05, 4.69) is 15.3 Å². The third-order valence-corrected chi connectivity index (χ3v) is 4.36. The lowest BCUT2D eigenvalue weighted by molar-refractivity contribution is -0.131. The van der Waals surface area contributed by atoms with Crippen molar-refractivity contribution in [2.75, 3.05) is 13.1 Å². The summed E-state index contributed by atoms with van der Waals surface area (Å²) in [5, 5.41) is 3.29. The summed E-state index contributed by atoms with van der Waals surface area (Å²) in [6.07, 6.45) is 2.57. The molecule has 0 bridgehead atoms. The van der Waals surface area contributed by atoms with Gasteiger partial charge in [0.15, 0.2) is 0 Å². The van der Waals surface area contributed by atoms with Gasteiger partial charge >= 0.3 is 0 Å². The lowest BCUT2D eigenvalue weighted by Gasteiger charge is -2.23. The van der Waals surface area contributed by atoms with Crippen molar-refractivity contribution >= 4 is 43.1 Å². The van der Waals surface area contributed by atoms with E-state index in [0.29, 0.717) is 19.6 Å². The smallest absolute Gasteiger partial charge is 0.237 e. The van der Waals surface area contributed by atoms with E-state index in [0.717, 1.165) is 35.2 Å². The molecule has 3 rings (SSSR count). The summed E-state index contributed by atoms with van der Waals surface area (Å²) in [7, 11) is 0. The van der Waals surface area contributed by atoms with E-state index in [-0.39, 0.29) is 43.1 Å². The molecule has 0 aliphatic heterocycles. The number of aryl methyl sites for hydroxylation is 2. The second kappa shape index (κ2) is 12.9. The van der Waals surface area contributed by atoms with Gasteiger partial charge in [-0.25, -0.2) is 0 Å². The molecule has 1 aliphatic rings. The van der Waals surface area contributed by atoms with Crippen molar-refractivity contribution in [2.45, 2.75) is 39.8 Å². The van der Waals surface area contributed by atoms with Crippen LogP contribution in [0.3, 0.4) is 0 Å². The molecule has 0 radical (unpaired) electrons. The molecule has 0 atom stereocenters. The molecule has 1 saturated carbocycles. The SMILES string of the molecule is Cc1cccc(CN(Cc2cccc(C)n2)C(=O)CNCC2CC2)n1.Cl.Cl.Cl. The van der Waals surface area contributed by atoms with Gasteiger partial charge in [-0.3, -0.25) is 14.8 Å². The highest BCUT2D eigenvalue weighted by molar-refractivity contribution is 5.86. The van der Waals surface area contributed by atoms with E-state index in [4.69, 9.17) is 0 Å². The highest BCUT2D eigenvalue weighted by atomic mass is 35.5. The second-order valence-electron chi connectivity index (χ2n) is 6.86. The van der Waals surface area contributed by atoms with E-state index in [9.17, 15) is 4.79 Å². The Bertz CT molecular complexity index is 693. The summed E-state index contributed by atoms with van der Waals surface area (Å²) in [6, 6.07) is 11.8. The van der Waals surface area contributed by atoms with Crippen LogP contribution in [-0.4, -0.2) is 33.9 Å². The summed E-state index contributed by atoms with van der Waals surface area (Å²) in [6.45, 7) is 6.24. The van der Waals surface area contributed by atoms with Gasteiger partial charge in [0.2, 0.25) is 5.91 Å². The fraction of sp³-hybridized carbons (Fsp3) is 0.450. The molecule has 1 amide bonds. The predicted octanol–water partition coefficient (Wildman–Crippen LogP) is 3.89. The van der Waals surface area contributed by atoms with E-state index < -0.39 is 0 Å². The van der Waals surface area contributed by atoms with Crippen molar-refractivity contribution in [3.05, 3.63) is 59.2 Å². The summed E-state index contributed by atoms with van der Waals surface area (Å²) >= 11 is 0. The van der Waals surface area contributed by atoms with Gasteiger partial charge < -0.3 is 10.2 Å². The zero-order chi connectivity index (χ0) is 17.6. The third kappa shape index (κ3) is 8.74. The molecule has 8 heteroatoms. The van der Waals surface area contributed by atoms with Gasteiger partial charge in [-0.15, -0.1) is 37.2 Å². The molecule has 0 unspecified atom stereocenters. The molecule has 28 heavy (non-hydrogen) atoms. The number of nitrogens with zero attached hydrogens (tertiary/aromatic N) is 3. The van der Waals surface area contributed by atoms with Crippen LogP contribution in [0.25, 0.3) is 0 Å². The molecule has 0 aromatic carbocycles. The molecule has 2 heterocycles. The Hall–Kier alpha value is -1.40. The van der Waals surface area contributed by atoms with Crippen molar-refractivity contribution in [1.29, 1.82) is 0 Å². The number of pyridine rings is 2. The average molecular weight is 448 g/mol. The third-order valence-electron chi connectivity index (χ3n) is 4.36. The lowest BCUT2D eigenvalue weighted by Crippen LogP contribution is -2.38. The Morgan fingerprint density at radius 1 is 0.964 bits per heavy atom. The van der Waals surface area contributed by atoms with Crippen LogP contribution in [0, 0.1) is 19.8 Å². The van der Waals surface area contributed by atoms with Crippen molar-refractivity contribution in [2.24, 2.45) is 5.92 Å². The summed E-state index contributed by atoms with van der Waals surface area (Å²) in [4.78, 5) is 23.6. The standard InChI is InChI=1S/C20H26N4O.3ClH/c1-15-5-3-7-18(22-15)13-24(14-19-8-4-6-16(2)23-19)20(25)12-21-11-17-9-10-17;;;/h3-8,17,21H,9-14H2,1-2H3;3*1H. The van der Waals surface area contributed by atoms with Crippen LogP contribution in [0.4, 0.5) is 0 Å². The minimum Gasteiger partial charge on any atom is -0.330 e. The van der Waals surface area contributed by atoms with Gasteiger partial charge in [-0.1, -0.05) is 12.1 Å². The van der Waals surface area contributed by atoms with E-state index >= 15 is 0 Å². The summed E-state index contributed by atoms with van der Waals surface area (Å²) in [5.74, 6) is 0.852. The Kier molecular flexibility index (Phi) is 12.3. The van der Waals surface area contributed by atoms with Crippen LogP contribution in [0.5, 0.6) is 0 Å². The largest absolute Gasteiger partial charge is 0.330 e. The predicted molar refractivity (Wildman–Crippen MR) is 120 cm³/mol. The number of hydrogen-bond acceptors (Lipinski definition) is 4. The molecule has 0 spiro atoms. The highest BCUT2D eigenvalue weighted by Crippen LogP contribution is 2.27. The number of rotatable bonds is 8. The fourth-order valence-corrected chi connectivity index (χ4v) is 2.82. The topological polar surface area (TPSA) is 58.1 Å². The molecule has 0 saturated heterocycles. The summed E-state index contributed by atoms with van der Waals surface area (Å²) < 4.78 is 0. The van der Waals surface area contributed by atoms with Crippen molar-refractivity contribution < 1.29 is 4.79 Å². The van der Waals surface area contributed by atoms with Crippen molar-refractivity contribution in [3.8, 4) is 0 Å². The number of aromatic nitrogens is 2. The van der Waals surface area contributed by atoms with Crippen LogP contribution in [-0.2, 0) is 17.9 Å². The zero-order valence-corrected chi connectivity index (χ0v) is 18.7. The van der Waals surface area contributed by atoms with Crippen LogP contribution in [0.1, 0.15) is 35.6 Å². The molecule has 2 aromatic heterocycles. The molecule has 156 valence electrons. The Labute approximate surface area is 186 Å². The second-order valence-corrected chi connectivity index (χ2v) is 6.86. The van der Waals surface area contributed by atoms with Crippen LogP contribution in [0.2, 0.25) is 0 Å². The van der Waals surface area contributed by atoms with Crippen molar-refractivity contribution in [1.82, 2.24) is 20.2 Å². The number of carbonyl (C=O) groups is 1. The summed E-state index contributed by atoms with van der Waals surface area (Å²) in [5.41, 5.74) is 3.74. The first-order chi connectivity index (χ1) is 12.1. The molecular weight excluding hydrogens is 419 g/mol. The number of halogens is 3. The monoisotopic (exact) mass is 446 g/mol. The van der Waals surface area contributed by atoms with E-state index in [1.54, 1.807) is 0 Å². The van der Waals surface area contributed by atoms with E-state index in [1.165, 1.54) is 12.8 Å². The number of hydrogen-bond donors (Lipinski definition) is 1. The van der Waals surface area contributed by atoms with Crippen LogP contribution < -0.4 is 5.32 Å². The number of amides is 1. The molecule has 5 nitrogen and oxygen atoms in total. The van der Waals surface area contributed by atoms with Crippen molar-refractivity contribution in [3.63, 3.8) is 0 Å². The van der Waals surface area contributed by atoms with Gasteiger partial charge in [0, 0.05) is 11.4 Å². The first kappa shape index (κ1) is 26.6. The van der Waals surface area contributed by atoms with Gasteiger partial charge in [-0.05, 0) is 63.4 Å². The quantitative estimate of drug-likeness (QED) is 0.667. The molecule has 1 fully saturated rings. The zero-order valence-electron chi connectivity index (χ0n) is 16.3. The Morgan fingerprint density at radius 2 is 1.46 bits per heavy atom. The fourth-order valence-electron chi connectivity index (χ4n) is 2.82. The van der Waals surface area contributed by atoms with Crippen LogP contribution in [0.15, 0.2) is 36.4 Å². The molecule has 2 aromatic rings. The lowest BCUT2D eigenvalue weighted by atomic mass is 10.2. The maximum absolute atomic E-state index is 12.7. The number of nitrogens with one attached hydrogen (secondary N) is 1. The normalized spacial score (nSPS) is 12.2. The molecule has 1 N–H and O–H groups in total. The van der Waals surface area contributed by atoms with Gasteiger partial charge in [0.25, 0.3) is 0 Å². The Morgan fingerprint density at radius 3 is 1.89 bits per heavy atom. The van der Waals surface area contributed by atoms with E-state index in [1.807, 2.05) is 55.1 Å². The van der Waals surface area contributed by atoms with Gasteiger partial charge in [-0.2, -0.15) is 0 Å². The first-order valence-corrected chi connectivity index (χ1v) is 8.94. The van der Waals surface area contributed by atoms with Gasteiger partial charge in [0.05, 0.1) is 31.0 Å². The van der Waals surface area contributed by atoms with Crippen LogP contribution >= 0.6 is 37.2 Å². The molecular formula is C20H29Cl3N4O. The minimum atomic E-state index is 0. The maximum atomic E-state index is 12.7.